The molecule has 0 aliphatic carbocycles. The first-order valence-corrected chi connectivity index (χ1v) is 9.37. The molecular weight excluding hydrogens is 312 g/mol. The third kappa shape index (κ3) is 6.71. The van der Waals surface area contributed by atoms with E-state index in [1.54, 1.807) is 11.3 Å². The highest BCUT2D eigenvalue weighted by Gasteiger charge is 2.17. The third-order valence-electron chi connectivity index (χ3n) is 3.24. The number of allylic oxidation sites excluding steroid dienone is 6. The molecule has 1 aromatic heterocycles. The van der Waals surface area contributed by atoms with Crippen molar-refractivity contribution in [1.29, 1.82) is 0 Å². The lowest BCUT2D eigenvalue weighted by Crippen LogP contribution is -2.15. The minimum atomic E-state index is 0.281. The first kappa shape index (κ1) is 22.1. The molecule has 0 aliphatic rings. The second-order valence-electron chi connectivity index (χ2n) is 5.03. The highest BCUT2D eigenvalue weighted by atomic mass is 32.1. The van der Waals surface area contributed by atoms with Crippen molar-refractivity contribution in [2.45, 2.75) is 54.0 Å². The van der Waals surface area contributed by atoms with E-state index in [1.165, 1.54) is 4.88 Å². The molecule has 1 heterocycles. The summed E-state index contributed by atoms with van der Waals surface area (Å²) in [6.07, 6.45) is 15.1. The van der Waals surface area contributed by atoms with Crippen molar-refractivity contribution in [3.05, 3.63) is 71.5 Å². The molecule has 0 amide bonds. The summed E-state index contributed by atoms with van der Waals surface area (Å²) >= 11 is 1.74. The third-order valence-corrected chi connectivity index (χ3v) is 4.38. The van der Waals surface area contributed by atoms with E-state index in [9.17, 15) is 0 Å². The van der Waals surface area contributed by atoms with Crippen molar-refractivity contribution >= 4 is 16.9 Å². The van der Waals surface area contributed by atoms with Gasteiger partial charge < -0.3 is 4.90 Å². The Morgan fingerprint density at radius 3 is 2.46 bits per heavy atom. The fourth-order valence-electron chi connectivity index (χ4n) is 2.12. The van der Waals surface area contributed by atoms with Gasteiger partial charge in [0.2, 0.25) is 0 Å². The molecule has 132 valence electrons. The molecule has 1 rings (SSSR count). The summed E-state index contributed by atoms with van der Waals surface area (Å²) in [6.45, 7) is 20.0. The molecule has 0 radical (unpaired) electrons. The molecule has 0 fully saturated rings. The zero-order valence-corrected chi connectivity index (χ0v) is 16.9. The smallest absolute Gasteiger partial charge is 0.123 e. The summed E-state index contributed by atoms with van der Waals surface area (Å²) < 4.78 is 0. The maximum atomic E-state index is 4.60. The van der Waals surface area contributed by atoms with Crippen LogP contribution >= 0.6 is 11.3 Å². The van der Waals surface area contributed by atoms with Gasteiger partial charge in [-0.2, -0.15) is 0 Å². The van der Waals surface area contributed by atoms with Crippen molar-refractivity contribution in [3.8, 4) is 0 Å². The molecular formula is C21H32N2S. The maximum absolute atomic E-state index is 4.60. The normalized spacial score (nSPS) is 12.8. The summed E-state index contributed by atoms with van der Waals surface area (Å²) in [7, 11) is 0. The largest absolute Gasteiger partial charge is 0.347 e. The van der Waals surface area contributed by atoms with Crippen LogP contribution in [0.2, 0.25) is 0 Å². The van der Waals surface area contributed by atoms with Crippen LogP contribution < -0.4 is 0 Å². The minimum absolute atomic E-state index is 0.281. The fraction of sp³-hybridized carbons (Fsp3) is 0.381. The molecule has 0 aromatic carbocycles. The Balaban J connectivity index is 0.00000254. The quantitative estimate of drug-likeness (QED) is 0.466. The second kappa shape index (κ2) is 12.5. The molecule has 0 saturated carbocycles. The number of rotatable bonds is 8. The average Bonchev–Trinajstić information content (AvgIpc) is 3.06. The molecule has 2 nitrogen and oxygen atoms in total. The van der Waals surface area contributed by atoms with Gasteiger partial charge in [-0.15, -0.1) is 11.3 Å². The van der Waals surface area contributed by atoms with Gasteiger partial charge in [0, 0.05) is 16.6 Å². The van der Waals surface area contributed by atoms with E-state index in [1.807, 2.05) is 59.2 Å². The Morgan fingerprint density at radius 1 is 1.33 bits per heavy atom. The van der Waals surface area contributed by atoms with Crippen molar-refractivity contribution in [2.75, 3.05) is 0 Å². The van der Waals surface area contributed by atoms with Crippen LogP contribution in [0.3, 0.4) is 0 Å². The van der Waals surface area contributed by atoms with E-state index in [0.29, 0.717) is 0 Å². The van der Waals surface area contributed by atoms with Crippen molar-refractivity contribution in [2.24, 2.45) is 0 Å². The van der Waals surface area contributed by atoms with Gasteiger partial charge >= 0.3 is 0 Å². The van der Waals surface area contributed by atoms with E-state index in [4.69, 9.17) is 0 Å². The Bertz CT molecular complexity index is 591. The van der Waals surface area contributed by atoms with Gasteiger partial charge in [0.15, 0.2) is 0 Å². The Hall–Kier alpha value is -1.87. The van der Waals surface area contributed by atoms with Crippen LogP contribution in [0, 0.1) is 0 Å². The van der Waals surface area contributed by atoms with Crippen LogP contribution in [0.25, 0.3) is 5.57 Å². The van der Waals surface area contributed by atoms with E-state index >= 15 is 0 Å². The molecule has 1 atom stereocenters. The Labute approximate surface area is 152 Å². The van der Waals surface area contributed by atoms with Crippen LogP contribution in [0.1, 0.15) is 63.9 Å². The fourth-order valence-corrected chi connectivity index (χ4v) is 3.28. The number of thiazole rings is 1. The average molecular weight is 345 g/mol. The van der Waals surface area contributed by atoms with Crippen LogP contribution in [0.4, 0.5) is 0 Å². The number of hydrogen-bond acceptors (Lipinski definition) is 3. The molecule has 0 N–H and O–H groups in total. The first-order chi connectivity index (χ1) is 11.6. The van der Waals surface area contributed by atoms with Crippen LogP contribution in [-0.4, -0.2) is 9.88 Å². The molecule has 1 aromatic rings. The molecule has 0 bridgehead atoms. The van der Waals surface area contributed by atoms with Gasteiger partial charge in [-0.05, 0) is 39.6 Å². The predicted molar refractivity (Wildman–Crippen MR) is 111 cm³/mol. The molecule has 24 heavy (non-hydrogen) atoms. The molecule has 0 saturated heterocycles. The number of aromatic nitrogens is 1. The van der Waals surface area contributed by atoms with Gasteiger partial charge in [0.05, 0.1) is 6.04 Å². The Kier molecular flexibility index (Phi) is 11.6. The van der Waals surface area contributed by atoms with Crippen molar-refractivity contribution in [3.63, 3.8) is 0 Å². The molecule has 0 spiro atoms. The lowest BCUT2D eigenvalue weighted by molar-refractivity contribution is 0.369. The van der Waals surface area contributed by atoms with Gasteiger partial charge in [-0.25, -0.2) is 4.98 Å². The summed E-state index contributed by atoms with van der Waals surface area (Å²) in [5.74, 6) is 0. The topological polar surface area (TPSA) is 16.1 Å². The lowest BCUT2D eigenvalue weighted by Gasteiger charge is -2.24. The van der Waals surface area contributed by atoms with Crippen LogP contribution in [0.15, 0.2) is 61.6 Å². The summed E-state index contributed by atoms with van der Waals surface area (Å²) in [5, 5.41) is 1.04. The molecule has 1 unspecified atom stereocenters. The zero-order chi connectivity index (χ0) is 18.5. The van der Waals surface area contributed by atoms with E-state index in [0.717, 1.165) is 22.6 Å². The summed E-state index contributed by atoms with van der Waals surface area (Å²) in [4.78, 5) is 7.98. The van der Waals surface area contributed by atoms with Crippen LogP contribution in [0.5, 0.6) is 0 Å². The lowest BCUT2D eigenvalue weighted by atomic mass is 10.2. The van der Waals surface area contributed by atoms with Gasteiger partial charge in [-0.3, -0.25) is 0 Å². The second-order valence-corrected chi connectivity index (χ2v) is 6.09. The van der Waals surface area contributed by atoms with E-state index in [-0.39, 0.29) is 6.04 Å². The van der Waals surface area contributed by atoms with Gasteiger partial charge in [-0.1, -0.05) is 63.8 Å². The number of nitrogens with zero attached hydrogens (tertiary/aromatic N) is 2. The number of hydrogen-bond donors (Lipinski definition) is 0. The minimum Gasteiger partial charge on any atom is -0.347 e. The standard InChI is InChI=1S/C19H26N2S.C2H6/c1-7-13-21(10-4)17(9-3)18-14-20-19(22-18)16(8-2)12-11-15(5)6;1-2/h7-8,10-14,17H,4-5,9H2,1-3,6H3;1-2H3/b12-11-,13-7-,16-8+;. The zero-order valence-electron chi connectivity index (χ0n) is 16.0. The molecule has 0 aliphatic heterocycles. The van der Waals surface area contributed by atoms with Crippen molar-refractivity contribution < 1.29 is 0 Å². The maximum Gasteiger partial charge on any atom is 0.123 e. The van der Waals surface area contributed by atoms with Crippen molar-refractivity contribution in [1.82, 2.24) is 9.88 Å². The molecule has 3 heteroatoms. The van der Waals surface area contributed by atoms with E-state index < -0.39 is 0 Å². The monoisotopic (exact) mass is 344 g/mol. The Morgan fingerprint density at radius 2 is 2.00 bits per heavy atom. The van der Waals surface area contributed by atoms with Gasteiger partial charge in [0.1, 0.15) is 5.01 Å². The highest BCUT2D eigenvalue weighted by molar-refractivity contribution is 7.12. The van der Waals surface area contributed by atoms with Gasteiger partial charge in [0.25, 0.3) is 0 Å². The highest BCUT2D eigenvalue weighted by Crippen LogP contribution is 2.32. The summed E-state index contributed by atoms with van der Waals surface area (Å²) in [5.41, 5.74) is 2.17. The SMILES string of the molecule is C=CN(/C=C\C)C(CC)c1cnc(C(/C=C\C(=C)C)=C/C)s1.CC. The first-order valence-electron chi connectivity index (χ1n) is 8.56. The summed E-state index contributed by atoms with van der Waals surface area (Å²) in [6, 6.07) is 0.281. The predicted octanol–water partition coefficient (Wildman–Crippen LogP) is 7.14. The van der Waals surface area contributed by atoms with E-state index in [2.05, 4.69) is 48.3 Å². The van der Waals surface area contributed by atoms with Crippen LogP contribution in [-0.2, 0) is 0 Å².